The predicted molar refractivity (Wildman–Crippen MR) is 167 cm³/mol. The predicted octanol–water partition coefficient (Wildman–Crippen LogP) is 5.44. The number of hydrogen-bond acceptors (Lipinski definition) is 8. The summed E-state index contributed by atoms with van der Waals surface area (Å²) in [6.07, 6.45) is 3.79. The molecule has 0 N–H and O–H groups in total. The molecule has 1 aromatic heterocycles. The number of fused-ring (bicyclic) bond motifs is 1. The van der Waals surface area contributed by atoms with E-state index in [-0.39, 0.29) is 12.2 Å². The van der Waals surface area contributed by atoms with Gasteiger partial charge in [-0.05, 0) is 70.6 Å². The van der Waals surface area contributed by atoms with Crippen LogP contribution in [0.2, 0.25) is 0 Å². The van der Waals surface area contributed by atoms with Crippen molar-refractivity contribution < 1.29 is 19.0 Å². The molecule has 4 aromatic rings. The van der Waals surface area contributed by atoms with Crippen LogP contribution < -0.4 is 24.4 Å². The monoisotopic (exact) mass is 650 g/mol. The third kappa shape index (κ3) is 5.64. The average Bonchev–Trinajstić information content (AvgIpc) is 3.30. The molecule has 7 nitrogen and oxygen atoms in total. The van der Waals surface area contributed by atoms with Crippen LogP contribution in [0.15, 0.2) is 91.5 Å². The van der Waals surface area contributed by atoms with Gasteiger partial charge in [-0.3, -0.25) is 9.36 Å². The number of halogens is 1. The maximum absolute atomic E-state index is 14.1. The summed E-state index contributed by atoms with van der Waals surface area (Å²) < 4.78 is 19.2. The number of benzene rings is 3. The molecule has 5 rings (SSSR count). The molecule has 0 amide bonds. The molecule has 1 atom stereocenters. The van der Waals surface area contributed by atoms with Gasteiger partial charge in [0.2, 0.25) is 0 Å². The highest BCUT2D eigenvalue weighted by atomic mass is 79.9. The van der Waals surface area contributed by atoms with Gasteiger partial charge < -0.3 is 14.2 Å². The third-order valence-electron chi connectivity index (χ3n) is 6.56. The number of ether oxygens (including phenoxy) is 3. The molecule has 3 aromatic carbocycles. The van der Waals surface area contributed by atoms with Gasteiger partial charge in [-0.2, -0.15) is 0 Å². The maximum atomic E-state index is 14.1. The van der Waals surface area contributed by atoms with Crippen molar-refractivity contribution in [1.29, 1.82) is 0 Å². The number of hydrogen-bond donors (Lipinski definition) is 0. The maximum Gasteiger partial charge on any atom is 0.338 e. The molecule has 1 aliphatic heterocycles. The van der Waals surface area contributed by atoms with E-state index in [4.69, 9.17) is 19.2 Å². The highest BCUT2D eigenvalue weighted by Gasteiger charge is 2.35. The summed E-state index contributed by atoms with van der Waals surface area (Å²) >= 11 is 6.42. The van der Waals surface area contributed by atoms with Crippen LogP contribution in [0, 0.1) is 0 Å². The molecule has 10 heteroatoms. The van der Waals surface area contributed by atoms with Gasteiger partial charge in [-0.1, -0.05) is 53.8 Å². The first-order valence-corrected chi connectivity index (χ1v) is 15.6. The zero-order chi connectivity index (χ0) is 29.1. The first-order chi connectivity index (χ1) is 19.9. The normalized spacial score (nSPS) is 14.9. The topological polar surface area (TPSA) is 79.1 Å². The molecular formula is C31H27BrN2O5S2. The van der Waals surface area contributed by atoms with Gasteiger partial charge in [0.1, 0.15) is 0 Å². The van der Waals surface area contributed by atoms with Gasteiger partial charge >= 0.3 is 5.97 Å². The number of nitrogens with zero attached hydrogens (tertiary/aromatic N) is 2. The number of rotatable bonds is 8. The van der Waals surface area contributed by atoms with Crippen molar-refractivity contribution in [3.63, 3.8) is 0 Å². The third-order valence-corrected chi connectivity index (χ3v) is 8.87. The number of esters is 1. The Balaban J connectivity index is 1.80. The molecule has 0 saturated carbocycles. The standard InChI is InChI=1S/C31H27BrN2O5S2/c1-5-39-30(36)25-26(19-9-7-6-8-10-19)33-31-34(27(25)20-11-13-21(40-4)14-12-20)29(35)24(41-31)17-18-15-22(32)28(38-3)23(16-18)37-2/h6-17,27H,5H2,1-4H3/b24-17-/t27-/m1/s1. The SMILES string of the molecule is CCOC(=O)C1=C(c2ccccc2)N=c2s/c(=C\c3cc(Br)c(OC)c(OC)c3)c(=O)n2[C@@H]1c1ccc(SC)cc1. The highest BCUT2D eigenvalue weighted by molar-refractivity contribution is 9.10. The van der Waals surface area contributed by atoms with Gasteiger partial charge in [0, 0.05) is 10.5 Å². The molecule has 0 saturated heterocycles. The van der Waals surface area contributed by atoms with E-state index in [0.29, 0.717) is 36.6 Å². The summed E-state index contributed by atoms with van der Waals surface area (Å²) in [4.78, 5) is 34.1. The van der Waals surface area contributed by atoms with Crippen LogP contribution in [0.5, 0.6) is 11.5 Å². The first-order valence-electron chi connectivity index (χ1n) is 12.7. The van der Waals surface area contributed by atoms with E-state index in [1.54, 1.807) is 49.6 Å². The second kappa shape index (κ2) is 12.5. The summed E-state index contributed by atoms with van der Waals surface area (Å²) in [7, 11) is 3.13. The first kappa shape index (κ1) is 28.9. The Kier molecular flexibility index (Phi) is 8.82. The fraction of sp³-hybridized carbons (Fsp3) is 0.194. The number of thioether (sulfide) groups is 1. The van der Waals surface area contributed by atoms with E-state index >= 15 is 0 Å². The Hall–Kier alpha value is -3.60. The fourth-order valence-electron chi connectivity index (χ4n) is 4.71. The molecule has 41 heavy (non-hydrogen) atoms. The largest absolute Gasteiger partial charge is 0.493 e. The number of carbonyl (C=O) groups is 1. The molecule has 0 fully saturated rings. The summed E-state index contributed by atoms with van der Waals surface area (Å²) in [5.74, 6) is 0.585. The van der Waals surface area contributed by atoms with Crippen molar-refractivity contribution in [2.75, 3.05) is 27.1 Å². The quantitative estimate of drug-likeness (QED) is 0.187. The highest BCUT2D eigenvalue weighted by Crippen LogP contribution is 2.37. The Labute approximate surface area is 253 Å². The van der Waals surface area contributed by atoms with Crippen LogP contribution in [0.25, 0.3) is 11.8 Å². The number of thiazole rings is 1. The van der Waals surface area contributed by atoms with Crippen LogP contribution in [-0.2, 0) is 9.53 Å². The molecule has 2 heterocycles. The minimum atomic E-state index is -0.726. The lowest BCUT2D eigenvalue weighted by Crippen LogP contribution is -2.40. The van der Waals surface area contributed by atoms with Crippen LogP contribution in [0.1, 0.15) is 29.7 Å². The lowest BCUT2D eigenvalue weighted by molar-refractivity contribution is -0.138. The Morgan fingerprint density at radius 2 is 1.83 bits per heavy atom. The zero-order valence-corrected chi connectivity index (χ0v) is 26.1. The van der Waals surface area contributed by atoms with E-state index in [0.717, 1.165) is 21.6 Å². The van der Waals surface area contributed by atoms with Crippen LogP contribution in [0.4, 0.5) is 0 Å². The minimum absolute atomic E-state index is 0.196. The second-order valence-corrected chi connectivity index (χ2v) is 11.7. The number of aromatic nitrogens is 1. The molecule has 1 aliphatic rings. The van der Waals surface area contributed by atoms with Crippen molar-refractivity contribution >= 4 is 56.8 Å². The average molecular weight is 652 g/mol. The molecule has 210 valence electrons. The van der Waals surface area contributed by atoms with Gasteiger partial charge in [0.15, 0.2) is 16.3 Å². The van der Waals surface area contributed by atoms with E-state index in [9.17, 15) is 9.59 Å². The van der Waals surface area contributed by atoms with Crippen molar-refractivity contribution in [3.8, 4) is 11.5 Å². The fourth-order valence-corrected chi connectivity index (χ4v) is 6.75. The summed E-state index contributed by atoms with van der Waals surface area (Å²) in [6, 6.07) is 20.3. The smallest absolute Gasteiger partial charge is 0.338 e. The Morgan fingerprint density at radius 1 is 1.10 bits per heavy atom. The van der Waals surface area contributed by atoms with E-state index in [1.807, 2.05) is 66.9 Å². The van der Waals surface area contributed by atoms with E-state index in [2.05, 4.69) is 15.9 Å². The van der Waals surface area contributed by atoms with Crippen molar-refractivity contribution in [2.45, 2.75) is 17.9 Å². The lowest BCUT2D eigenvalue weighted by Gasteiger charge is -2.26. The van der Waals surface area contributed by atoms with Crippen LogP contribution in [-0.4, -0.2) is 37.6 Å². The Morgan fingerprint density at radius 3 is 2.46 bits per heavy atom. The second-order valence-electron chi connectivity index (χ2n) is 8.94. The van der Waals surface area contributed by atoms with Crippen LogP contribution in [0.3, 0.4) is 0 Å². The minimum Gasteiger partial charge on any atom is -0.493 e. The number of carbonyl (C=O) groups excluding carboxylic acids is 1. The zero-order valence-electron chi connectivity index (χ0n) is 22.8. The summed E-state index contributed by atoms with van der Waals surface area (Å²) in [5.41, 5.74) is 2.85. The number of methoxy groups -OCH3 is 2. The molecule has 0 aliphatic carbocycles. The summed E-state index contributed by atoms with van der Waals surface area (Å²) in [6.45, 7) is 1.96. The molecule has 0 unspecified atom stereocenters. The van der Waals surface area contributed by atoms with Crippen molar-refractivity contribution in [3.05, 3.63) is 113 Å². The van der Waals surface area contributed by atoms with Crippen molar-refractivity contribution in [2.24, 2.45) is 4.99 Å². The molecule has 0 bridgehead atoms. The lowest BCUT2D eigenvalue weighted by atomic mass is 9.93. The van der Waals surface area contributed by atoms with Gasteiger partial charge in [0.05, 0.1) is 47.1 Å². The molecule has 0 spiro atoms. The van der Waals surface area contributed by atoms with E-state index in [1.165, 1.54) is 11.3 Å². The molecule has 0 radical (unpaired) electrons. The van der Waals surface area contributed by atoms with Gasteiger partial charge in [0.25, 0.3) is 5.56 Å². The van der Waals surface area contributed by atoms with Gasteiger partial charge in [-0.15, -0.1) is 11.8 Å². The van der Waals surface area contributed by atoms with E-state index < -0.39 is 12.0 Å². The Bertz CT molecular complexity index is 1810. The van der Waals surface area contributed by atoms with Crippen molar-refractivity contribution in [1.82, 2.24) is 4.57 Å². The van der Waals surface area contributed by atoms with Crippen LogP contribution >= 0.6 is 39.0 Å². The molecular weight excluding hydrogens is 624 g/mol. The van der Waals surface area contributed by atoms with Gasteiger partial charge in [-0.25, -0.2) is 9.79 Å². The summed E-state index contributed by atoms with van der Waals surface area (Å²) in [5, 5.41) is 0.